The van der Waals surface area contributed by atoms with Crippen LogP contribution in [0, 0.1) is 0 Å². The van der Waals surface area contributed by atoms with Crippen LogP contribution in [0.2, 0.25) is 0 Å². The number of aromatic nitrogens is 3. The molecule has 37 heavy (non-hydrogen) atoms. The van der Waals surface area contributed by atoms with E-state index in [9.17, 15) is 18.2 Å². The number of hydrogen-bond donors (Lipinski definition) is 5. The normalized spacial score (nSPS) is 14.4. The van der Waals surface area contributed by atoms with Gasteiger partial charge in [0, 0.05) is 17.5 Å². The van der Waals surface area contributed by atoms with Crippen LogP contribution in [-0.4, -0.2) is 42.6 Å². The lowest BCUT2D eigenvalue weighted by atomic mass is 9.98. The predicted molar refractivity (Wildman–Crippen MR) is 148 cm³/mol. The second kappa shape index (κ2) is 8.70. The van der Waals surface area contributed by atoms with E-state index in [-0.39, 0.29) is 0 Å². The lowest BCUT2D eigenvalue weighted by Crippen LogP contribution is -2.13. The van der Waals surface area contributed by atoms with Gasteiger partial charge in [0.1, 0.15) is 11.1 Å². The quantitative estimate of drug-likeness (QED) is 0.133. The second-order valence-electron chi connectivity index (χ2n) is 8.55. The van der Waals surface area contributed by atoms with Crippen LogP contribution >= 0.6 is 21.6 Å². The monoisotopic (exact) mass is 534 g/mol. The summed E-state index contributed by atoms with van der Waals surface area (Å²) in [6.45, 7) is 0. The van der Waals surface area contributed by atoms with Gasteiger partial charge in [0.25, 0.3) is 0 Å². The van der Waals surface area contributed by atoms with Crippen molar-refractivity contribution < 1.29 is 22.2 Å². The number of benzene rings is 3. The molecule has 0 saturated carbocycles. The fourth-order valence-electron chi connectivity index (χ4n) is 4.54. The van der Waals surface area contributed by atoms with E-state index in [1.54, 1.807) is 73.1 Å². The summed E-state index contributed by atoms with van der Waals surface area (Å²) in [5.41, 5.74) is 9.61. The van der Waals surface area contributed by atoms with Crippen LogP contribution in [0.25, 0.3) is 22.0 Å². The lowest BCUT2D eigenvalue weighted by Gasteiger charge is -2.32. The van der Waals surface area contributed by atoms with Crippen molar-refractivity contribution >= 4 is 50.2 Å². The molecular weight excluding hydrogens is 510 g/mol. The molecule has 1 aliphatic heterocycles. The van der Waals surface area contributed by atoms with Crippen molar-refractivity contribution in [1.29, 1.82) is 0 Å². The summed E-state index contributed by atoms with van der Waals surface area (Å²) in [5, 5.41) is 4.87. The van der Waals surface area contributed by atoms with Crippen molar-refractivity contribution in [1.82, 2.24) is 14.2 Å². The molecule has 0 spiro atoms. The summed E-state index contributed by atoms with van der Waals surface area (Å²) in [5.74, 6) is 0.446. The fraction of sp³-hybridized carbons (Fsp3) is 0.0385. The van der Waals surface area contributed by atoms with Crippen LogP contribution in [-0.2, 0) is 6.42 Å². The molecule has 0 bridgehead atoms. The second-order valence-corrected chi connectivity index (χ2v) is 12.3. The highest BCUT2D eigenvalue weighted by Crippen LogP contribution is 2.54. The SMILES string of the molecule is Nc1cc(-c2ccnc3c2CC=[N+]3S(O)(O)c2ccccc2)cc2c1cnn2S(O)(O)c1ccccc1. The van der Waals surface area contributed by atoms with Crippen LogP contribution in [0.1, 0.15) is 5.56 Å². The zero-order valence-corrected chi connectivity index (χ0v) is 21.0. The molecule has 188 valence electrons. The Morgan fingerprint density at radius 1 is 0.865 bits per heavy atom. The van der Waals surface area contributed by atoms with Gasteiger partial charge in [0.15, 0.2) is 0 Å². The molecule has 0 saturated heterocycles. The summed E-state index contributed by atoms with van der Waals surface area (Å²) < 4.78 is 47.0. The molecule has 0 fully saturated rings. The van der Waals surface area contributed by atoms with E-state index in [4.69, 9.17) is 5.73 Å². The maximum atomic E-state index is 11.1. The Morgan fingerprint density at radius 2 is 1.54 bits per heavy atom. The predicted octanol–water partition coefficient (Wildman–Crippen LogP) is 6.25. The third-order valence-electron chi connectivity index (χ3n) is 6.34. The van der Waals surface area contributed by atoms with Crippen LogP contribution < -0.4 is 5.73 Å². The van der Waals surface area contributed by atoms with Crippen LogP contribution in [0.4, 0.5) is 11.5 Å². The Morgan fingerprint density at radius 3 is 2.24 bits per heavy atom. The summed E-state index contributed by atoms with van der Waals surface area (Å²) in [6.07, 6.45) is 5.28. The molecule has 3 aromatic carbocycles. The smallest absolute Gasteiger partial charge is 0.349 e. The standard InChI is InChI=1S/C26H23N5O4S2/c27-24-15-18(16-25-23(24)17-29-31(25)37(34,35)20-9-5-2-6-10-20)21-11-13-28-26-22(21)12-14-30(26)36(32,33)19-7-3-1-4-8-19/h1-11,13-17H,12,27H2,(H3-,32,33,34,35)/p+1. The molecule has 11 heteroatoms. The summed E-state index contributed by atoms with van der Waals surface area (Å²) in [7, 11) is -6.78. The number of fused-ring (bicyclic) bond motifs is 2. The van der Waals surface area contributed by atoms with Gasteiger partial charge in [-0.1, -0.05) is 47.2 Å². The van der Waals surface area contributed by atoms with Gasteiger partial charge in [-0.2, -0.15) is 9.19 Å². The van der Waals surface area contributed by atoms with Gasteiger partial charge in [-0.3, -0.25) is 18.2 Å². The minimum absolute atomic E-state index is 0.338. The van der Waals surface area contributed by atoms with Crippen molar-refractivity contribution in [2.45, 2.75) is 16.2 Å². The molecule has 0 radical (unpaired) electrons. The topological polar surface area (TPSA) is 141 Å². The highest BCUT2D eigenvalue weighted by molar-refractivity contribution is 8.23. The summed E-state index contributed by atoms with van der Waals surface area (Å²) >= 11 is 0. The first kappa shape index (κ1) is 23.7. The average Bonchev–Trinajstić information content (AvgIpc) is 3.55. The lowest BCUT2D eigenvalue weighted by molar-refractivity contribution is -0.272. The number of nitrogen functional groups attached to an aromatic ring is 1. The van der Waals surface area contributed by atoms with E-state index < -0.39 is 21.6 Å². The van der Waals surface area contributed by atoms with Gasteiger partial charge in [0.2, 0.25) is 0 Å². The Kier molecular flexibility index (Phi) is 5.57. The van der Waals surface area contributed by atoms with E-state index in [1.807, 2.05) is 18.2 Å². The van der Waals surface area contributed by atoms with E-state index in [0.717, 1.165) is 16.7 Å². The Balaban J connectivity index is 1.47. The molecule has 0 unspecified atom stereocenters. The van der Waals surface area contributed by atoms with Gasteiger partial charge in [-0.25, -0.2) is 0 Å². The molecule has 0 amide bonds. The first-order valence-corrected chi connectivity index (χ1v) is 14.3. The van der Waals surface area contributed by atoms with Crippen molar-refractivity contribution in [3.63, 3.8) is 0 Å². The molecule has 5 aromatic rings. The number of nitrogens with two attached hydrogens (primary N) is 1. The first-order valence-electron chi connectivity index (χ1n) is 11.3. The molecule has 6 rings (SSSR count). The van der Waals surface area contributed by atoms with Crippen LogP contribution in [0.3, 0.4) is 0 Å². The average molecular weight is 535 g/mol. The van der Waals surface area contributed by atoms with Crippen molar-refractivity contribution in [3.05, 3.63) is 96.8 Å². The van der Waals surface area contributed by atoms with E-state index >= 15 is 0 Å². The molecule has 1 aliphatic rings. The van der Waals surface area contributed by atoms with Gasteiger partial charge < -0.3 is 5.73 Å². The van der Waals surface area contributed by atoms with Gasteiger partial charge in [-0.15, -0.1) is 3.98 Å². The molecule has 0 aliphatic carbocycles. The molecule has 2 aromatic heterocycles. The first-order chi connectivity index (χ1) is 17.8. The van der Waals surface area contributed by atoms with Gasteiger partial charge in [0.05, 0.1) is 28.4 Å². The molecule has 9 nitrogen and oxygen atoms in total. The Labute approximate surface area is 216 Å². The van der Waals surface area contributed by atoms with Crippen molar-refractivity contribution in [2.24, 2.45) is 0 Å². The Bertz CT molecular complexity index is 1670. The van der Waals surface area contributed by atoms with Gasteiger partial charge in [-0.05, 0) is 69.4 Å². The minimum atomic E-state index is -3.45. The minimum Gasteiger partial charge on any atom is -0.398 e. The molecular formula is C26H24N5O4S2+. The van der Waals surface area contributed by atoms with Crippen LogP contribution in [0.5, 0.6) is 0 Å². The van der Waals surface area contributed by atoms with Crippen molar-refractivity contribution in [3.8, 4) is 11.1 Å². The largest absolute Gasteiger partial charge is 0.398 e. The number of hydrogen-bond acceptors (Lipinski definition) is 7. The highest BCUT2D eigenvalue weighted by Gasteiger charge is 2.36. The van der Waals surface area contributed by atoms with E-state index in [1.165, 1.54) is 14.3 Å². The summed E-state index contributed by atoms with van der Waals surface area (Å²) in [4.78, 5) is 5.19. The third kappa shape index (κ3) is 3.80. The highest BCUT2D eigenvalue weighted by atomic mass is 32.3. The molecule has 0 atom stereocenters. The van der Waals surface area contributed by atoms with Gasteiger partial charge >= 0.3 is 5.82 Å². The number of anilines is 1. The van der Waals surface area contributed by atoms with Crippen molar-refractivity contribution in [2.75, 3.05) is 5.73 Å². The van der Waals surface area contributed by atoms with E-state index in [2.05, 4.69) is 10.1 Å². The van der Waals surface area contributed by atoms with E-state index in [0.29, 0.717) is 38.6 Å². The van der Waals surface area contributed by atoms with Crippen LogP contribution in [0.15, 0.2) is 101 Å². The molecule has 6 N–H and O–H groups in total. The molecule has 3 heterocycles. The fourth-order valence-corrected chi connectivity index (χ4v) is 7.29. The maximum Gasteiger partial charge on any atom is 0.349 e. The zero-order chi connectivity index (χ0) is 25.8. The zero-order valence-electron chi connectivity index (χ0n) is 19.4. The number of nitrogens with zero attached hydrogens (tertiary/aromatic N) is 4. The Hall–Kier alpha value is -3.71. The maximum absolute atomic E-state index is 11.1. The summed E-state index contributed by atoms with van der Waals surface area (Å²) in [6, 6.07) is 22.7. The number of rotatable bonds is 5. The number of pyridine rings is 1. The third-order valence-corrected chi connectivity index (χ3v) is 9.79.